The minimum Gasteiger partial charge on any atom is -0.393 e. The average Bonchev–Trinajstić information content (AvgIpc) is 4.00. The number of nitrogens with zero attached hydrogens (tertiary/aromatic N) is 1. The Morgan fingerprint density at radius 2 is 1.15 bits per heavy atom. The fourth-order valence-corrected chi connectivity index (χ4v) is 9.11. The van der Waals surface area contributed by atoms with E-state index in [9.17, 15) is 58.0 Å². The maximum Gasteiger partial charge on any atom is 0.256 e. The molecular formula is C52H64F2N8O10. The number of benzene rings is 2. The van der Waals surface area contributed by atoms with E-state index in [1.165, 1.54) is 36.4 Å². The number of likely N-dealkylation sites (tertiary alicyclic amines) is 1. The first-order valence-electron chi connectivity index (χ1n) is 24.1. The molecule has 0 bridgehead atoms. The lowest BCUT2D eigenvalue weighted by Gasteiger charge is -2.27. The Labute approximate surface area is 415 Å². The second-order valence-corrected chi connectivity index (χ2v) is 18.4. The summed E-state index contributed by atoms with van der Waals surface area (Å²) < 4.78 is 27.5. The van der Waals surface area contributed by atoms with E-state index in [2.05, 4.69) is 36.6 Å². The summed E-state index contributed by atoms with van der Waals surface area (Å²) in [5, 5.41) is 54.0. The van der Waals surface area contributed by atoms with Crippen molar-refractivity contribution in [2.75, 3.05) is 43.4 Å². The Kier molecular flexibility index (Phi) is 18.4. The Morgan fingerprint density at radius 3 is 1.67 bits per heavy atom. The molecule has 0 aliphatic carbocycles. The van der Waals surface area contributed by atoms with Gasteiger partial charge in [-0.1, -0.05) is 0 Å². The second-order valence-electron chi connectivity index (χ2n) is 18.4. The fourth-order valence-electron chi connectivity index (χ4n) is 9.11. The number of hydrogen-bond acceptors (Lipinski definition) is 10. The number of anilines is 2. The number of H-pyrrole nitrogens is 2. The zero-order valence-corrected chi connectivity index (χ0v) is 41.1. The minimum atomic E-state index is -1.03. The Hall–Kier alpha value is -7.00. The zero-order chi connectivity index (χ0) is 52.4. The topological polar surface area (TPSA) is 278 Å². The first kappa shape index (κ1) is 54.3. The summed E-state index contributed by atoms with van der Waals surface area (Å²) in [6, 6.07) is 8.12. The molecule has 6 amide bonds. The van der Waals surface area contributed by atoms with Gasteiger partial charge in [0.25, 0.3) is 23.6 Å². The lowest BCUT2D eigenvalue weighted by molar-refractivity contribution is -0.134. The van der Waals surface area contributed by atoms with E-state index < -0.39 is 42.0 Å². The number of hydrogen-bond donors (Lipinski definition) is 11. The number of halogens is 2. The van der Waals surface area contributed by atoms with Crippen LogP contribution >= 0.6 is 0 Å². The number of aromatic amines is 2. The maximum absolute atomic E-state index is 13.7. The summed E-state index contributed by atoms with van der Waals surface area (Å²) in [6.45, 7) is 10.7. The Morgan fingerprint density at radius 1 is 0.667 bits per heavy atom. The predicted molar refractivity (Wildman–Crippen MR) is 267 cm³/mol. The van der Waals surface area contributed by atoms with Crippen LogP contribution in [0.2, 0.25) is 0 Å². The molecule has 0 saturated carbocycles. The molecule has 7 rings (SSSR count). The highest BCUT2D eigenvalue weighted by Crippen LogP contribution is 2.36. The van der Waals surface area contributed by atoms with Crippen LogP contribution in [-0.2, 0) is 19.2 Å². The molecule has 1 saturated heterocycles. The van der Waals surface area contributed by atoms with E-state index >= 15 is 0 Å². The molecule has 0 unspecified atom stereocenters. The quantitative estimate of drug-likeness (QED) is 0.0620. The third-order valence-corrected chi connectivity index (χ3v) is 12.8. The number of rotatable bonds is 18. The van der Waals surface area contributed by atoms with E-state index in [0.29, 0.717) is 92.7 Å². The molecule has 72 heavy (non-hydrogen) atoms. The van der Waals surface area contributed by atoms with Gasteiger partial charge in [-0.25, -0.2) is 8.78 Å². The molecule has 3 aliphatic rings. The summed E-state index contributed by atoms with van der Waals surface area (Å²) >= 11 is 0. The number of aliphatic hydroxyl groups is 4. The van der Waals surface area contributed by atoms with Crippen LogP contribution in [0.1, 0.15) is 124 Å². The Balaban J connectivity index is 0.000000236. The van der Waals surface area contributed by atoms with Gasteiger partial charge in [0.2, 0.25) is 11.8 Å². The smallest absolute Gasteiger partial charge is 0.256 e. The normalized spacial score (nSPS) is 16.7. The molecule has 2 aromatic carbocycles. The molecule has 4 aromatic rings. The van der Waals surface area contributed by atoms with E-state index in [-0.39, 0.29) is 80.3 Å². The maximum atomic E-state index is 13.7. The van der Waals surface area contributed by atoms with Crippen molar-refractivity contribution < 1.29 is 58.0 Å². The highest BCUT2D eigenvalue weighted by atomic mass is 19.1. The van der Waals surface area contributed by atoms with E-state index in [1.807, 2.05) is 0 Å². The van der Waals surface area contributed by atoms with Crippen LogP contribution < -0.4 is 26.6 Å². The number of nitrogens with one attached hydrogen (secondary N) is 7. The molecule has 18 nitrogen and oxygen atoms in total. The van der Waals surface area contributed by atoms with Gasteiger partial charge in [0.1, 0.15) is 11.6 Å². The third kappa shape index (κ3) is 13.7. The molecule has 11 N–H and O–H groups in total. The van der Waals surface area contributed by atoms with Gasteiger partial charge in [-0.15, -0.1) is 0 Å². The fraction of sp³-hybridized carbons (Fsp3) is 0.423. The molecule has 5 heterocycles. The first-order valence-corrected chi connectivity index (χ1v) is 24.1. The van der Waals surface area contributed by atoms with E-state index in [0.717, 1.165) is 19.3 Å². The number of aromatic nitrogens is 2. The van der Waals surface area contributed by atoms with Crippen LogP contribution in [0.25, 0.3) is 23.3 Å². The summed E-state index contributed by atoms with van der Waals surface area (Å²) in [5.74, 6) is -2.80. The van der Waals surface area contributed by atoms with Crippen LogP contribution in [0, 0.1) is 39.3 Å². The van der Waals surface area contributed by atoms with Crippen molar-refractivity contribution in [3.05, 3.63) is 104 Å². The van der Waals surface area contributed by atoms with Crippen LogP contribution in [0.5, 0.6) is 0 Å². The second kappa shape index (κ2) is 24.4. The molecule has 3 aliphatic heterocycles. The minimum absolute atomic E-state index is 0.0249. The highest BCUT2D eigenvalue weighted by molar-refractivity contribution is 6.35. The number of amides is 6. The van der Waals surface area contributed by atoms with Gasteiger partial charge in [0.15, 0.2) is 0 Å². The SMILES string of the molecule is CCNC(=O)C[C@H](O)C[C@H](O)CCNC(=O)c1c(C)[nH]c(/C=C2\C(=O)Nc3ccc(F)cc32)c1C.Cc1[nH]c(/C=C2\C(=O)Nc3ccc(F)cc32)c(C)c1C(=O)NC[C@@H](O)C[C@@H](O)CC(=O)N1CCCCC1. The van der Waals surface area contributed by atoms with Gasteiger partial charge >= 0.3 is 0 Å². The zero-order valence-electron chi connectivity index (χ0n) is 41.1. The van der Waals surface area contributed by atoms with Crippen LogP contribution in [0.3, 0.4) is 0 Å². The number of carbonyl (C=O) groups is 6. The van der Waals surface area contributed by atoms with Crippen LogP contribution in [0.15, 0.2) is 36.4 Å². The van der Waals surface area contributed by atoms with Crippen molar-refractivity contribution in [3.8, 4) is 0 Å². The van der Waals surface area contributed by atoms with Crippen molar-refractivity contribution in [2.24, 2.45) is 0 Å². The van der Waals surface area contributed by atoms with Gasteiger partial charge in [-0.2, -0.15) is 0 Å². The van der Waals surface area contributed by atoms with Crippen molar-refractivity contribution in [1.82, 2.24) is 30.8 Å². The molecule has 0 spiro atoms. The summed E-state index contributed by atoms with van der Waals surface area (Å²) in [5.41, 5.74) is 6.81. The predicted octanol–water partition coefficient (Wildman–Crippen LogP) is 4.53. The number of aliphatic hydroxyl groups excluding tert-OH is 4. The van der Waals surface area contributed by atoms with E-state index in [4.69, 9.17) is 0 Å². The van der Waals surface area contributed by atoms with Gasteiger partial charge in [-0.3, -0.25) is 28.8 Å². The molecular weight excluding hydrogens is 935 g/mol. The van der Waals surface area contributed by atoms with Crippen LogP contribution in [0.4, 0.5) is 20.2 Å². The molecule has 2 aromatic heterocycles. The lowest BCUT2D eigenvalue weighted by Crippen LogP contribution is -2.39. The summed E-state index contributed by atoms with van der Waals surface area (Å²) in [6.07, 6.45) is 2.40. The van der Waals surface area contributed by atoms with Crippen molar-refractivity contribution >= 4 is 70.1 Å². The highest BCUT2D eigenvalue weighted by Gasteiger charge is 2.29. The molecule has 4 atom stereocenters. The van der Waals surface area contributed by atoms with Gasteiger partial charge < -0.3 is 61.9 Å². The number of piperidine rings is 1. The van der Waals surface area contributed by atoms with Gasteiger partial charge in [0, 0.05) is 84.4 Å². The number of carbonyl (C=O) groups excluding carboxylic acids is 6. The Bertz CT molecular complexity index is 2760. The van der Waals surface area contributed by atoms with Crippen molar-refractivity contribution in [1.29, 1.82) is 0 Å². The molecule has 1 fully saturated rings. The monoisotopic (exact) mass is 998 g/mol. The summed E-state index contributed by atoms with van der Waals surface area (Å²) in [7, 11) is 0. The average molecular weight is 999 g/mol. The number of fused-ring (bicyclic) bond motifs is 2. The standard InChI is InChI=1S/C27H33FN4O5.C25H31FN4O5/c1-15-23(13-21-20-10-17(28)6-7-22(20)31-26(21)36)30-16(2)25(15)27(37)29-14-19(34)11-18(33)12-24(35)32-8-4-3-5-9-32;1-4-27-22(33)11-17(32)10-16(31)7-8-28-25(35)23-13(2)21(29-14(23)3)12-19-18-9-15(26)5-6-20(18)30-24(19)34/h6-7,10,13,18-19,30,33-34H,3-5,8-9,11-12,14H2,1-2H3,(H,29,37)(H,31,36);5-6,9,12,16-17,29,31-32H,4,7-8,10-11H2,1-3H3,(H,27,33)(H,28,35)(H,30,34)/b21-13-;19-12-/t18-,19+;16-,17-/m11/s1. The first-order chi connectivity index (χ1) is 34.2. The van der Waals surface area contributed by atoms with Crippen molar-refractivity contribution in [3.63, 3.8) is 0 Å². The summed E-state index contributed by atoms with van der Waals surface area (Å²) in [4.78, 5) is 82.3. The van der Waals surface area contributed by atoms with Crippen LogP contribution in [-0.4, -0.2) is 128 Å². The van der Waals surface area contributed by atoms with E-state index in [1.54, 1.807) is 51.7 Å². The third-order valence-electron chi connectivity index (χ3n) is 12.8. The van der Waals surface area contributed by atoms with Crippen molar-refractivity contribution in [2.45, 2.75) is 110 Å². The molecule has 386 valence electrons. The van der Waals surface area contributed by atoms with Gasteiger partial charge in [0.05, 0.1) is 59.5 Å². The largest absolute Gasteiger partial charge is 0.393 e. The molecule has 0 radical (unpaired) electrons. The van der Waals surface area contributed by atoms with Gasteiger partial charge in [-0.05, 0) is 126 Å². The number of aryl methyl sites for hydroxylation is 2. The molecule has 20 heteroatoms. The lowest BCUT2D eigenvalue weighted by atomic mass is 10.0.